The molecule has 1 aliphatic rings. The van der Waals surface area contributed by atoms with Crippen LogP contribution in [0.25, 0.3) is 0 Å². The molecule has 122 valence electrons. The van der Waals surface area contributed by atoms with E-state index >= 15 is 0 Å². The molecule has 0 bridgehead atoms. The Balaban J connectivity index is 2.37. The zero-order valence-corrected chi connectivity index (χ0v) is 14.6. The number of esters is 1. The van der Waals surface area contributed by atoms with Gasteiger partial charge in [0.2, 0.25) is 5.91 Å². The highest BCUT2D eigenvalue weighted by Gasteiger charge is 2.30. The Morgan fingerprint density at radius 1 is 1.36 bits per heavy atom. The predicted octanol–water partition coefficient (Wildman–Crippen LogP) is 4.03. The lowest BCUT2D eigenvalue weighted by atomic mass is 9.85. The van der Waals surface area contributed by atoms with Gasteiger partial charge in [0.15, 0.2) is 0 Å². The van der Waals surface area contributed by atoms with E-state index in [2.05, 4.69) is 12.2 Å². The van der Waals surface area contributed by atoms with Crippen molar-refractivity contribution < 1.29 is 14.3 Å². The molecule has 1 aromatic heterocycles. The molecule has 1 atom stereocenters. The molecule has 2 rings (SSSR count). The van der Waals surface area contributed by atoms with E-state index in [4.69, 9.17) is 4.74 Å². The first kappa shape index (κ1) is 17.0. The van der Waals surface area contributed by atoms with Gasteiger partial charge in [-0.15, -0.1) is 11.3 Å². The van der Waals surface area contributed by atoms with Crippen molar-refractivity contribution >= 4 is 28.2 Å². The van der Waals surface area contributed by atoms with Gasteiger partial charge in [0.25, 0.3) is 0 Å². The molecule has 1 aromatic rings. The second-order valence-corrected chi connectivity index (χ2v) is 7.19. The van der Waals surface area contributed by atoms with E-state index in [-0.39, 0.29) is 17.8 Å². The van der Waals surface area contributed by atoms with Gasteiger partial charge in [-0.05, 0) is 37.7 Å². The Labute approximate surface area is 136 Å². The van der Waals surface area contributed by atoms with Crippen LogP contribution in [0.5, 0.6) is 0 Å². The fraction of sp³-hybridized carbons (Fsp3) is 0.647. The molecular weight excluding hydrogens is 298 g/mol. The van der Waals surface area contributed by atoms with E-state index in [1.807, 2.05) is 13.8 Å². The highest BCUT2D eigenvalue weighted by atomic mass is 32.1. The van der Waals surface area contributed by atoms with Crippen LogP contribution in [-0.4, -0.2) is 18.5 Å². The van der Waals surface area contributed by atoms with Crippen molar-refractivity contribution in [3.05, 3.63) is 16.0 Å². The van der Waals surface area contributed by atoms with E-state index in [1.165, 1.54) is 4.88 Å². The minimum absolute atomic E-state index is 0.0591. The van der Waals surface area contributed by atoms with Crippen LogP contribution >= 0.6 is 11.3 Å². The molecule has 0 spiro atoms. The molecule has 0 aromatic carbocycles. The number of carbonyl (C=O) groups excluding carboxylic acids is 2. The number of nitrogens with one attached hydrogen (secondary N) is 1. The van der Waals surface area contributed by atoms with Gasteiger partial charge in [0, 0.05) is 10.8 Å². The molecular formula is C17H25NO3S. The lowest BCUT2D eigenvalue weighted by Gasteiger charge is -2.20. The van der Waals surface area contributed by atoms with Crippen LogP contribution in [-0.2, 0) is 22.4 Å². The molecule has 1 heterocycles. The molecule has 0 radical (unpaired) electrons. The Kier molecular flexibility index (Phi) is 5.62. The molecule has 1 unspecified atom stereocenters. The van der Waals surface area contributed by atoms with Crippen molar-refractivity contribution in [2.75, 3.05) is 11.9 Å². The first-order valence-corrected chi connectivity index (χ1v) is 8.92. The number of hydrogen-bond donors (Lipinski definition) is 1. The summed E-state index contributed by atoms with van der Waals surface area (Å²) in [6.07, 6.45) is 4.15. The first-order valence-electron chi connectivity index (χ1n) is 8.10. The summed E-state index contributed by atoms with van der Waals surface area (Å²) < 4.78 is 5.20. The summed E-state index contributed by atoms with van der Waals surface area (Å²) in [4.78, 5) is 25.6. The lowest BCUT2D eigenvalue weighted by Crippen LogP contribution is -2.20. The third kappa shape index (κ3) is 3.51. The number of amides is 1. The van der Waals surface area contributed by atoms with Crippen LogP contribution in [0.2, 0.25) is 0 Å². The fourth-order valence-corrected chi connectivity index (χ4v) is 4.12. The van der Waals surface area contributed by atoms with E-state index in [9.17, 15) is 9.59 Å². The maximum atomic E-state index is 12.3. The number of rotatable bonds is 5. The largest absolute Gasteiger partial charge is 0.462 e. The summed E-state index contributed by atoms with van der Waals surface area (Å²) in [6, 6.07) is 0. The number of carbonyl (C=O) groups is 2. The van der Waals surface area contributed by atoms with E-state index in [0.717, 1.165) is 31.2 Å². The van der Waals surface area contributed by atoms with Crippen molar-refractivity contribution in [3.63, 3.8) is 0 Å². The first-order chi connectivity index (χ1) is 10.5. The van der Waals surface area contributed by atoms with Gasteiger partial charge >= 0.3 is 5.97 Å². The summed E-state index contributed by atoms with van der Waals surface area (Å²) in [7, 11) is 0. The predicted molar refractivity (Wildman–Crippen MR) is 89.5 cm³/mol. The molecule has 22 heavy (non-hydrogen) atoms. The molecule has 0 fully saturated rings. The summed E-state index contributed by atoms with van der Waals surface area (Å²) >= 11 is 1.55. The summed E-state index contributed by atoms with van der Waals surface area (Å²) in [6.45, 7) is 8.05. The number of hydrogen-bond acceptors (Lipinski definition) is 4. The Morgan fingerprint density at radius 2 is 2.09 bits per heavy atom. The monoisotopic (exact) mass is 323 g/mol. The number of thiophene rings is 1. The highest BCUT2D eigenvalue weighted by Crippen LogP contribution is 2.40. The van der Waals surface area contributed by atoms with Gasteiger partial charge in [-0.1, -0.05) is 27.2 Å². The Hall–Kier alpha value is -1.36. The maximum absolute atomic E-state index is 12.3. The van der Waals surface area contributed by atoms with Gasteiger partial charge in [-0.2, -0.15) is 0 Å². The zero-order chi connectivity index (χ0) is 16.3. The zero-order valence-electron chi connectivity index (χ0n) is 13.8. The van der Waals surface area contributed by atoms with Crippen LogP contribution in [0.3, 0.4) is 0 Å². The third-order valence-electron chi connectivity index (χ3n) is 4.19. The standard InChI is InChI=1S/C17H25NO3S/c1-5-11-7-8-12-13(9-11)22-16(18-15(19)10(3)4)14(12)17(20)21-6-2/h10-11H,5-9H2,1-4H3,(H,18,19). The maximum Gasteiger partial charge on any atom is 0.341 e. The SMILES string of the molecule is CCOC(=O)c1c(NC(=O)C(C)C)sc2c1CCC(CC)C2. The Bertz CT molecular complexity index is 562. The fourth-order valence-electron chi connectivity index (χ4n) is 2.77. The topological polar surface area (TPSA) is 55.4 Å². The minimum Gasteiger partial charge on any atom is -0.462 e. The third-order valence-corrected chi connectivity index (χ3v) is 5.36. The second kappa shape index (κ2) is 7.27. The normalized spacial score (nSPS) is 17.2. The molecule has 0 saturated carbocycles. The summed E-state index contributed by atoms with van der Waals surface area (Å²) in [5.74, 6) is 0.192. The molecule has 1 amide bonds. The van der Waals surface area contributed by atoms with E-state index in [0.29, 0.717) is 23.1 Å². The minimum atomic E-state index is -0.311. The van der Waals surface area contributed by atoms with Gasteiger partial charge in [-0.3, -0.25) is 4.79 Å². The number of fused-ring (bicyclic) bond motifs is 1. The molecule has 1 aliphatic carbocycles. The van der Waals surface area contributed by atoms with Gasteiger partial charge in [0.05, 0.1) is 12.2 Å². The van der Waals surface area contributed by atoms with Crippen LogP contribution in [0.4, 0.5) is 5.00 Å². The Morgan fingerprint density at radius 3 is 2.68 bits per heavy atom. The molecule has 1 N–H and O–H groups in total. The molecule has 0 aliphatic heterocycles. The van der Waals surface area contributed by atoms with E-state index in [1.54, 1.807) is 18.3 Å². The van der Waals surface area contributed by atoms with Crippen LogP contribution in [0.15, 0.2) is 0 Å². The second-order valence-electron chi connectivity index (χ2n) is 6.09. The quantitative estimate of drug-likeness (QED) is 0.832. The van der Waals surface area contributed by atoms with Crippen molar-refractivity contribution in [2.24, 2.45) is 11.8 Å². The van der Waals surface area contributed by atoms with Crippen LogP contribution in [0.1, 0.15) is 61.3 Å². The van der Waals surface area contributed by atoms with Gasteiger partial charge in [-0.25, -0.2) is 4.79 Å². The van der Waals surface area contributed by atoms with Crippen molar-refractivity contribution in [1.82, 2.24) is 0 Å². The lowest BCUT2D eigenvalue weighted by molar-refractivity contribution is -0.118. The number of anilines is 1. The van der Waals surface area contributed by atoms with Gasteiger partial charge < -0.3 is 10.1 Å². The average molecular weight is 323 g/mol. The number of ether oxygens (including phenoxy) is 1. The molecule has 0 saturated heterocycles. The van der Waals surface area contributed by atoms with Crippen molar-refractivity contribution in [2.45, 2.75) is 53.4 Å². The van der Waals surface area contributed by atoms with Crippen LogP contribution in [0, 0.1) is 11.8 Å². The molecule has 5 heteroatoms. The summed E-state index contributed by atoms with van der Waals surface area (Å²) in [5, 5.41) is 3.58. The molecule has 4 nitrogen and oxygen atoms in total. The smallest absolute Gasteiger partial charge is 0.341 e. The average Bonchev–Trinajstić information content (AvgIpc) is 2.83. The van der Waals surface area contributed by atoms with Crippen molar-refractivity contribution in [3.8, 4) is 0 Å². The highest BCUT2D eigenvalue weighted by molar-refractivity contribution is 7.17. The van der Waals surface area contributed by atoms with Gasteiger partial charge in [0.1, 0.15) is 5.00 Å². The van der Waals surface area contributed by atoms with Crippen LogP contribution < -0.4 is 5.32 Å². The van der Waals surface area contributed by atoms with Crippen molar-refractivity contribution in [1.29, 1.82) is 0 Å². The summed E-state index contributed by atoms with van der Waals surface area (Å²) in [5.41, 5.74) is 1.68. The van der Waals surface area contributed by atoms with E-state index < -0.39 is 0 Å².